The van der Waals surface area contributed by atoms with E-state index in [1.165, 1.54) is 11.1 Å². The largest absolute Gasteiger partial charge is 0.496 e. The van der Waals surface area contributed by atoms with Crippen LogP contribution in [0.5, 0.6) is 5.75 Å². The fourth-order valence-corrected chi connectivity index (χ4v) is 1.33. The quantitative estimate of drug-likeness (QED) is 0.764. The summed E-state index contributed by atoms with van der Waals surface area (Å²) in [5.74, 6) is 1.01. The van der Waals surface area contributed by atoms with E-state index in [0.717, 1.165) is 18.6 Å². The Balaban J connectivity index is 0. The fraction of sp³-hybridized carbons (Fsp3) is 0.417. The Bertz CT molecular complexity index is 258. The van der Waals surface area contributed by atoms with Gasteiger partial charge in [0.2, 0.25) is 0 Å². The summed E-state index contributed by atoms with van der Waals surface area (Å²) in [4.78, 5) is 0. The van der Waals surface area contributed by atoms with Crippen molar-refractivity contribution in [2.75, 3.05) is 7.11 Å². The van der Waals surface area contributed by atoms with Gasteiger partial charge in [-0.25, -0.2) is 0 Å². The van der Waals surface area contributed by atoms with E-state index in [9.17, 15) is 0 Å². The Morgan fingerprint density at radius 1 is 1.14 bits per heavy atom. The molecule has 0 aliphatic carbocycles. The maximum absolute atomic E-state index is 5.24. The first-order valence-electron chi connectivity index (χ1n) is 4.47. The fourth-order valence-electron chi connectivity index (χ4n) is 1.33. The summed E-state index contributed by atoms with van der Waals surface area (Å²) in [6.45, 7) is 4.32. The van der Waals surface area contributed by atoms with Gasteiger partial charge in [0.05, 0.1) is 7.11 Å². The summed E-state index contributed by atoms with van der Waals surface area (Å²) in [7, 11) is 1.72. The Morgan fingerprint density at radius 2 is 1.79 bits per heavy atom. The zero-order chi connectivity index (χ0) is 8.97. The van der Waals surface area contributed by atoms with E-state index in [4.69, 9.17) is 4.74 Å². The van der Waals surface area contributed by atoms with Gasteiger partial charge in [-0.3, -0.25) is 0 Å². The third-order valence-corrected chi connectivity index (χ3v) is 2.13. The Hall–Kier alpha value is 0.124. The summed E-state index contributed by atoms with van der Waals surface area (Å²) in [5, 5.41) is 0. The van der Waals surface area contributed by atoms with Gasteiger partial charge in [0.25, 0.3) is 0 Å². The minimum atomic E-state index is 0. The van der Waals surface area contributed by atoms with Crippen LogP contribution >= 0.6 is 0 Å². The average molecular weight is 268 g/mol. The summed E-state index contributed by atoms with van der Waals surface area (Å²) in [6.07, 6.45) is 2.13. The topological polar surface area (TPSA) is 9.23 Å². The molecule has 77 valence electrons. The van der Waals surface area contributed by atoms with Crippen LogP contribution in [0.4, 0.5) is 0 Å². The van der Waals surface area contributed by atoms with Crippen molar-refractivity contribution in [3.05, 3.63) is 36.8 Å². The van der Waals surface area contributed by atoms with E-state index in [2.05, 4.69) is 32.0 Å². The standard InChI is InChI=1S/C11H16O.CH3.Y/c1-4-9-6-7-11(12-3)10(5-2)8-9;;/h6-8H,4-5H2,1-3H3;1H3;/q;-1;. The number of hydrogen-bond acceptors (Lipinski definition) is 1. The van der Waals surface area contributed by atoms with Crippen LogP contribution in [0.25, 0.3) is 0 Å². The van der Waals surface area contributed by atoms with Crippen molar-refractivity contribution >= 4 is 0 Å². The second-order valence-electron chi connectivity index (χ2n) is 2.85. The molecular formula is C12H19OY-. The number of hydrogen-bond donors (Lipinski definition) is 0. The van der Waals surface area contributed by atoms with Crippen molar-refractivity contribution in [2.24, 2.45) is 0 Å². The van der Waals surface area contributed by atoms with E-state index in [1.54, 1.807) is 7.11 Å². The van der Waals surface area contributed by atoms with Gasteiger partial charge in [-0.2, -0.15) is 0 Å². The SMILES string of the molecule is CCc1ccc(OC)c(CC)c1.[CH3-].[Y]. The molecule has 0 unspecified atom stereocenters. The molecule has 0 aliphatic heterocycles. The number of rotatable bonds is 3. The minimum absolute atomic E-state index is 0. The Labute approximate surface area is 113 Å². The second kappa shape index (κ2) is 8.43. The maximum Gasteiger partial charge on any atom is 0.122 e. The zero-order valence-corrected chi connectivity index (χ0v) is 12.5. The Kier molecular flexibility index (Phi) is 9.97. The Morgan fingerprint density at radius 3 is 2.21 bits per heavy atom. The van der Waals surface area contributed by atoms with Crippen LogP contribution in [0.15, 0.2) is 18.2 Å². The van der Waals surface area contributed by atoms with Crippen LogP contribution in [0.1, 0.15) is 25.0 Å². The molecule has 0 saturated heterocycles. The van der Waals surface area contributed by atoms with E-state index < -0.39 is 0 Å². The molecule has 2 heteroatoms. The summed E-state index contributed by atoms with van der Waals surface area (Å²) in [6, 6.07) is 6.40. The van der Waals surface area contributed by atoms with Crippen molar-refractivity contribution in [1.82, 2.24) is 0 Å². The minimum Gasteiger partial charge on any atom is -0.496 e. The van der Waals surface area contributed by atoms with Gasteiger partial charge in [0.15, 0.2) is 0 Å². The molecule has 1 radical (unpaired) electrons. The van der Waals surface area contributed by atoms with Gasteiger partial charge in [0.1, 0.15) is 5.75 Å². The van der Waals surface area contributed by atoms with Gasteiger partial charge in [0, 0.05) is 32.7 Å². The van der Waals surface area contributed by atoms with Crippen molar-refractivity contribution in [1.29, 1.82) is 0 Å². The first kappa shape index (κ1) is 16.5. The zero-order valence-electron chi connectivity index (χ0n) is 9.63. The van der Waals surface area contributed by atoms with Crippen molar-refractivity contribution in [3.63, 3.8) is 0 Å². The van der Waals surface area contributed by atoms with Crippen LogP contribution in [0.3, 0.4) is 0 Å². The third-order valence-electron chi connectivity index (χ3n) is 2.13. The molecule has 1 aromatic carbocycles. The smallest absolute Gasteiger partial charge is 0.122 e. The molecule has 0 spiro atoms. The second-order valence-corrected chi connectivity index (χ2v) is 2.85. The van der Waals surface area contributed by atoms with Crippen molar-refractivity contribution in [2.45, 2.75) is 26.7 Å². The van der Waals surface area contributed by atoms with Crippen LogP contribution in [0, 0.1) is 7.43 Å². The van der Waals surface area contributed by atoms with Crippen molar-refractivity contribution < 1.29 is 37.4 Å². The molecule has 0 aromatic heterocycles. The molecule has 0 bridgehead atoms. The van der Waals surface area contributed by atoms with Gasteiger partial charge >= 0.3 is 0 Å². The van der Waals surface area contributed by atoms with Gasteiger partial charge in [-0.1, -0.05) is 26.0 Å². The first-order chi connectivity index (χ1) is 5.81. The van der Waals surface area contributed by atoms with Crippen LogP contribution < -0.4 is 4.74 Å². The molecule has 1 aromatic rings. The van der Waals surface area contributed by atoms with Crippen LogP contribution in [-0.2, 0) is 45.6 Å². The molecule has 14 heavy (non-hydrogen) atoms. The summed E-state index contributed by atoms with van der Waals surface area (Å²) in [5.41, 5.74) is 2.68. The van der Waals surface area contributed by atoms with E-state index in [-0.39, 0.29) is 40.1 Å². The molecule has 1 rings (SSSR count). The number of ether oxygens (including phenoxy) is 1. The maximum atomic E-state index is 5.24. The predicted molar refractivity (Wildman–Crippen MR) is 58.2 cm³/mol. The molecule has 0 aliphatic rings. The van der Waals surface area contributed by atoms with Crippen LogP contribution in [-0.4, -0.2) is 7.11 Å². The van der Waals surface area contributed by atoms with Crippen LogP contribution in [0.2, 0.25) is 0 Å². The number of benzene rings is 1. The van der Waals surface area contributed by atoms with Crippen molar-refractivity contribution in [3.8, 4) is 5.75 Å². The van der Waals surface area contributed by atoms with Gasteiger partial charge < -0.3 is 12.2 Å². The third kappa shape index (κ3) is 4.10. The predicted octanol–water partition coefficient (Wildman–Crippen LogP) is 3.27. The molecule has 0 saturated carbocycles. The normalized spacial score (nSPS) is 8.50. The summed E-state index contributed by atoms with van der Waals surface area (Å²) < 4.78 is 5.24. The molecular weight excluding hydrogens is 249 g/mol. The molecule has 0 N–H and O–H groups in total. The average Bonchev–Trinajstić information content (AvgIpc) is 2.16. The van der Waals surface area contributed by atoms with Gasteiger partial charge in [-0.05, 0) is 30.0 Å². The van der Waals surface area contributed by atoms with Gasteiger partial charge in [-0.15, -0.1) is 0 Å². The van der Waals surface area contributed by atoms with E-state index in [1.807, 2.05) is 0 Å². The number of aryl methyl sites for hydroxylation is 2. The molecule has 1 nitrogen and oxygen atoms in total. The molecule has 0 amide bonds. The van der Waals surface area contributed by atoms with E-state index in [0.29, 0.717) is 0 Å². The molecule has 0 atom stereocenters. The first-order valence-corrected chi connectivity index (χ1v) is 4.47. The molecule has 0 fully saturated rings. The summed E-state index contributed by atoms with van der Waals surface area (Å²) >= 11 is 0. The van der Waals surface area contributed by atoms with E-state index >= 15 is 0 Å². The molecule has 0 heterocycles. The monoisotopic (exact) mass is 268 g/mol. The number of methoxy groups -OCH3 is 1.